The van der Waals surface area contributed by atoms with Crippen molar-refractivity contribution in [3.8, 4) is 11.5 Å². The number of rotatable bonds is 8. The Kier molecular flexibility index (Phi) is 6.97. The van der Waals surface area contributed by atoms with Crippen LogP contribution in [0.2, 0.25) is 0 Å². The topological polar surface area (TPSA) is 59.0 Å². The van der Waals surface area contributed by atoms with Gasteiger partial charge in [-0.3, -0.25) is 9.69 Å². The molecule has 1 aliphatic heterocycles. The predicted molar refractivity (Wildman–Crippen MR) is 112 cm³/mol. The van der Waals surface area contributed by atoms with Crippen molar-refractivity contribution in [1.29, 1.82) is 0 Å². The molecule has 2 atom stereocenters. The molecule has 0 amide bonds. The van der Waals surface area contributed by atoms with Crippen molar-refractivity contribution in [3.05, 3.63) is 58.1 Å². The van der Waals surface area contributed by atoms with Crippen LogP contribution in [0.1, 0.15) is 43.9 Å². The van der Waals surface area contributed by atoms with Gasteiger partial charge >= 0.3 is 5.97 Å². The van der Waals surface area contributed by atoms with Gasteiger partial charge in [-0.25, -0.2) is 0 Å². The van der Waals surface area contributed by atoms with E-state index in [9.17, 15) is 9.90 Å². The molecule has 150 valence electrons. The minimum absolute atomic E-state index is 0.161. The summed E-state index contributed by atoms with van der Waals surface area (Å²) < 4.78 is 12.5. The number of ether oxygens (including phenoxy) is 2. The molecule has 0 spiro atoms. The summed E-state index contributed by atoms with van der Waals surface area (Å²) in [6, 6.07) is 13.3. The molecule has 0 aliphatic carbocycles. The van der Waals surface area contributed by atoms with Gasteiger partial charge in [-0.1, -0.05) is 34.1 Å². The molecule has 5 nitrogen and oxygen atoms in total. The van der Waals surface area contributed by atoms with E-state index in [1.165, 1.54) is 0 Å². The fourth-order valence-electron chi connectivity index (χ4n) is 3.82. The maximum atomic E-state index is 11.8. The van der Waals surface area contributed by atoms with Crippen molar-refractivity contribution >= 4 is 21.9 Å². The Labute approximate surface area is 174 Å². The molecule has 1 N–H and O–H groups in total. The average Bonchev–Trinajstić information content (AvgIpc) is 3.15. The molecule has 0 bridgehead atoms. The molecule has 1 saturated heterocycles. The summed E-state index contributed by atoms with van der Waals surface area (Å²) in [7, 11) is 0. The van der Waals surface area contributed by atoms with Gasteiger partial charge in [0.25, 0.3) is 0 Å². The van der Waals surface area contributed by atoms with Crippen LogP contribution in [0.25, 0.3) is 0 Å². The zero-order valence-electron chi connectivity index (χ0n) is 16.2. The van der Waals surface area contributed by atoms with Crippen molar-refractivity contribution in [3.63, 3.8) is 0 Å². The lowest BCUT2D eigenvalue weighted by Gasteiger charge is -2.32. The number of likely N-dealkylation sites (tertiary alicyclic amines) is 1. The van der Waals surface area contributed by atoms with E-state index < -0.39 is 12.0 Å². The SMILES string of the molecule is CCOc1ccc(C(c2ccc(Br)cc2)N2CCCC2C(=O)O)cc1OCC. The molecule has 3 rings (SSSR count). The average molecular weight is 448 g/mol. The van der Waals surface area contributed by atoms with E-state index in [0.29, 0.717) is 31.1 Å². The highest BCUT2D eigenvalue weighted by atomic mass is 79.9. The van der Waals surface area contributed by atoms with Crippen LogP contribution in [0.3, 0.4) is 0 Å². The van der Waals surface area contributed by atoms with Crippen LogP contribution >= 0.6 is 15.9 Å². The lowest BCUT2D eigenvalue weighted by molar-refractivity contribution is -0.142. The summed E-state index contributed by atoms with van der Waals surface area (Å²) >= 11 is 3.48. The van der Waals surface area contributed by atoms with Gasteiger partial charge < -0.3 is 14.6 Å². The number of hydrogen-bond acceptors (Lipinski definition) is 4. The Morgan fingerprint density at radius 2 is 1.75 bits per heavy atom. The molecule has 0 saturated carbocycles. The van der Waals surface area contributed by atoms with Crippen molar-refractivity contribution in [1.82, 2.24) is 4.90 Å². The van der Waals surface area contributed by atoms with Crippen molar-refractivity contribution in [2.75, 3.05) is 19.8 Å². The minimum Gasteiger partial charge on any atom is -0.490 e. The first-order valence-electron chi connectivity index (χ1n) is 9.68. The third kappa shape index (κ3) is 4.50. The lowest BCUT2D eigenvalue weighted by atomic mass is 9.96. The quantitative estimate of drug-likeness (QED) is 0.624. The highest BCUT2D eigenvalue weighted by molar-refractivity contribution is 9.10. The van der Waals surface area contributed by atoms with E-state index in [1.807, 2.05) is 56.3 Å². The lowest BCUT2D eigenvalue weighted by Crippen LogP contribution is -2.39. The zero-order chi connectivity index (χ0) is 20.1. The van der Waals surface area contributed by atoms with Gasteiger partial charge in [0, 0.05) is 11.0 Å². The van der Waals surface area contributed by atoms with Crippen LogP contribution in [-0.4, -0.2) is 41.8 Å². The number of halogens is 1. The van der Waals surface area contributed by atoms with Gasteiger partial charge in [-0.2, -0.15) is 0 Å². The molecule has 2 unspecified atom stereocenters. The van der Waals surface area contributed by atoms with E-state index in [0.717, 1.165) is 28.6 Å². The van der Waals surface area contributed by atoms with Gasteiger partial charge in [-0.05, 0) is 62.1 Å². The van der Waals surface area contributed by atoms with Crippen molar-refractivity contribution in [2.45, 2.75) is 38.8 Å². The largest absolute Gasteiger partial charge is 0.490 e. The van der Waals surface area contributed by atoms with Gasteiger partial charge in [0.15, 0.2) is 11.5 Å². The fourth-order valence-corrected chi connectivity index (χ4v) is 4.09. The van der Waals surface area contributed by atoms with E-state index in [2.05, 4.69) is 20.8 Å². The molecule has 1 fully saturated rings. The molecule has 6 heteroatoms. The van der Waals surface area contributed by atoms with Crippen LogP contribution in [-0.2, 0) is 4.79 Å². The molecule has 1 aliphatic rings. The summed E-state index contributed by atoms with van der Waals surface area (Å²) in [5, 5.41) is 9.73. The van der Waals surface area contributed by atoms with Crippen LogP contribution in [0.15, 0.2) is 46.9 Å². The minimum atomic E-state index is -0.768. The second-order valence-corrected chi connectivity index (χ2v) is 7.68. The van der Waals surface area contributed by atoms with Gasteiger partial charge in [0.1, 0.15) is 6.04 Å². The van der Waals surface area contributed by atoms with Crippen LogP contribution < -0.4 is 9.47 Å². The van der Waals surface area contributed by atoms with Crippen LogP contribution in [0.5, 0.6) is 11.5 Å². The number of hydrogen-bond donors (Lipinski definition) is 1. The fraction of sp³-hybridized carbons (Fsp3) is 0.409. The number of benzene rings is 2. The normalized spacial score (nSPS) is 18.0. The summed E-state index contributed by atoms with van der Waals surface area (Å²) in [6.45, 7) is 5.72. The summed E-state index contributed by atoms with van der Waals surface area (Å²) in [4.78, 5) is 13.9. The Morgan fingerprint density at radius 3 is 2.39 bits per heavy atom. The zero-order valence-corrected chi connectivity index (χ0v) is 17.8. The molecule has 2 aromatic carbocycles. The van der Waals surface area contributed by atoms with Gasteiger partial charge in [-0.15, -0.1) is 0 Å². The monoisotopic (exact) mass is 447 g/mol. The van der Waals surface area contributed by atoms with E-state index in [-0.39, 0.29) is 6.04 Å². The highest BCUT2D eigenvalue weighted by Crippen LogP contribution is 2.39. The number of nitrogens with zero attached hydrogens (tertiary/aromatic N) is 1. The smallest absolute Gasteiger partial charge is 0.320 e. The Morgan fingerprint density at radius 1 is 1.11 bits per heavy atom. The third-order valence-corrected chi connectivity index (χ3v) is 5.51. The molecule has 2 aromatic rings. The maximum absolute atomic E-state index is 11.8. The van der Waals surface area contributed by atoms with Crippen molar-refractivity contribution < 1.29 is 19.4 Å². The molecular formula is C22H26BrNO4. The standard InChI is InChI=1S/C22H26BrNO4/c1-3-27-19-12-9-16(14-20(19)28-4-2)21(15-7-10-17(23)11-8-15)24-13-5-6-18(24)22(25)26/h7-12,14,18,21H,3-6,13H2,1-2H3,(H,25,26). The second kappa shape index (κ2) is 9.43. The molecule has 28 heavy (non-hydrogen) atoms. The third-order valence-electron chi connectivity index (χ3n) is 4.98. The molecule has 0 aromatic heterocycles. The van der Waals surface area contributed by atoms with Gasteiger partial charge in [0.05, 0.1) is 19.3 Å². The van der Waals surface area contributed by atoms with E-state index in [1.54, 1.807) is 0 Å². The highest BCUT2D eigenvalue weighted by Gasteiger charge is 2.37. The van der Waals surface area contributed by atoms with E-state index in [4.69, 9.17) is 9.47 Å². The van der Waals surface area contributed by atoms with E-state index >= 15 is 0 Å². The molecular weight excluding hydrogens is 422 g/mol. The number of aliphatic carboxylic acids is 1. The number of carboxylic acid groups (broad SMARTS) is 1. The maximum Gasteiger partial charge on any atom is 0.320 e. The predicted octanol–water partition coefficient (Wildman–Crippen LogP) is 4.88. The second-order valence-electron chi connectivity index (χ2n) is 6.76. The number of carbonyl (C=O) groups is 1. The first kappa shape index (κ1) is 20.7. The summed E-state index contributed by atoms with van der Waals surface area (Å²) in [5.41, 5.74) is 2.06. The summed E-state index contributed by atoms with van der Waals surface area (Å²) in [5.74, 6) is 0.629. The Hall–Kier alpha value is -2.05. The first-order chi connectivity index (χ1) is 13.5. The summed E-state index contributed by atoms with van der Waals surface area (Å²) in [6.07, 6.45) is 1.54. The van der Waals surface area contributed by atoms with Crippen molar-refractivity contribution in [2.24, 2.45) is 0 Å². The first-order valence-corrected chi connectivity index (χ1v) is 10.5. The molecule has 0 radical (unpaired) electrons. The van der Waals surface area contributed by atoms with Gasteiger partial charge in [0.2, 0.25) is 0 Å². The van der Waals surface area contributed by atoms with Crippen LogP contribution in [0, 0.1) is 0 Å². The van der Waals surface area contributed by atoms with Crippen LogP contribution in [0.4, 0.5) is 0 Å². The Balaban J connectivity index is 2.07. The Bertz CT molecular complexity index is 809. The number of carboxylic acids is 1. The molecule has 1 heterocycles.